The first-order valence-corrected chi connectivity index (χ1v) is 6.58. The van der Waals surface area contributed by atoms with Gasteiger partial charge in [-0.25, -0.2) is 5.43 Å². The van der Waals surface area contributed by atoms with Gasteiger partial charge in [0.1, 0.15) is 6.04 Å². The summed E-state index contributed by atoms with van der Waals surface area (Å²) in [6, 6.07) is 5.25. The van der Waals surface area contributed by atoms with Crippen molar-refractivity contribution >= 4 is 17.3 Å². The molecule has 1 aromatic rings. The highest BCUT2D eigenvalue weighted by molar-refractivity contribution is 7.80. The minimum Gasteiger partial charge on any atom is -0.618 e. The predicted octanol–water partition coefficient (Wildman–Crippen LogP) is 0.856. The van der Waals surface area contributed by atoms with Crippen LogP contribution >= 0.6 is 12.2 Å². The van der Waals surface area contributed by atoms with Crippen LogP contribution in [0.5, 0.6) is 0 Å². The van der Waals surface area contributed by atoms with Crippen molar-refractivity contribution in [2.75, 3.05) is 13.1 Å². The molecule has 18 heavy (non-hydrogen) atoms. The quantitative estimate of drug-likeness (QED) is 0.368. The number of hydrazine groups is 1. The van der Waals surface area contributed by atoms with E-state index in [1.165, 1.54) is 19.0 Å². The molecule has 0 spiro atoms. The molecule has 2 N–H and O–H groups in total. The van der Waals surface area contributed by atoms with Crippen molar-refractivity contribution in [3.8, 4) is 0 Å². The number of thiocarbonyl (C=S) groups is 1. The van der Waals surface area contributed by atoms with Crippen LogP contribution in [0, 0.1) is 5.21 Å². The maximum Gasteiger partial charge on any atom is 0.211 e. The lowest BCUT2D eigenvalue weighted by molar-refractivity contribution is -0.616. The molecule has 1 fully saturated rings. The van der Waals surface area contributed by atoms with E-state index in [9.17, 15) is 5.21 Å². The van der Waals surface area contributed by atoms with E-state index >= 15 is 0 Å². The Kier molecular flexibility index (Phi) is 4.33. The molecule has 0 radical (unpaired) electrons. The third kappa shape index (κ3) is 3.08. The molecule has 2 heterocycles. The van der Waals surface area contributed by atoms with Crippen molar-refractivity contribution in [1.29, 1.82) is 0 Å². The zero-order valence-electron chi connectivity index (χ0n) is 10.4. The van der Waals surface area contributed by atoms with E-state index in [4.69, 9.17) is 12.2 Å². The summed E-state index contributed by atoms with van der Waals surface area (Å²) in [4.78, 5) is 2.13. The number of nitrogens with one attached hydrogen (secondary N) is 2. The Morgan fingerprint density at radius 3 is 2.83 bits per heavy atom. The molecule has 1 unspecified atom stereocenters. The highest BCUT2D eigenvalue weighted by atomic mass is 32.1. The van der Waals surface area contributed by atoms with Gasteiger partial charge in [-0.05, 0) is 38.0 Å². The van der Waals surface area contributed by atoms with Crippen molar-refractivity contribution in [1.82, 2.24) is 15.8 Å². The maximum absolute atomic E-state index is 11.6. The van der Waals surface area contributed by atoms with E-state index < -0.39 is 0 Å². The van der Waals surface area contributed by atoms with Crippen LogP contribution in [0.15, 0.2) is 24.4 Å². The highest BCUT2D eigenvalue weighted by Gasteiger charge is 2.17. The van der Waals surface area contributed by atoms with Crippen LogP contribution in [0.4, 0.5) is 0 Å². The summed E-state index contributed by atoms with van der Waals surface area (Å²) in [5.74, 6) is 0. The Bertz CT molecular complexity index is 420. The van der Waals surface area contributed by atoms with Crippen LogP contribution < -0.4 is 15.6 Å². The van der Waals surface area contributed by atoms with Gasteiger partial charge in [-0.3, -0.25) is 5.43 Å². The second-order valence-electron chi connectivity index (χ2n) is 4.44. The molecule has 1 aliphatic rings. The lowest BCUT2D eigenvalue weighted by Gasteiger charge is -2.22. The van der Waals surface area contributed by atoms with Crippen LogP contribution in [0.25, 0.3) is 0 Å². The smallest absolute Gasteiger partial charge is 0.211 e. The Morgan fingerprint density at radius 1 is 1.44 bits per heavy atom. The number of nitrogens with zero attached hydrogens (tertiary/aromatic N) is 2. The Balaban J connectivity index is 1.86. The van der Waals surface area contributed by atoms with Gasteiger partial charge in [-0.2, -0.15) is 4.73 Å². The fourth-order valence-corrected chi connectivity index (χ4v) is 2.26. The number of pyridine rings is 1. The fourth-order valence-electron chi connectivity index (χ4n) is 2.02. The average molecular weight is 266 g/mol. The van der Waals surface area contributed by atoms with E-state index in [0.29, 0.717) is 10.8 Å². The lowest BCUT2D eigenvalue weighted by Crippen LogP contribution is -2.48. The first-order valence-electron chi connectivity index (χ1n) is 6.17. The van der Waals surface area contributed by atoms with Crippen LogP contribution in [0.3, 0.4) is 0 Å². The molecule has 5 nitrogen and oxygen atoms in total. The molecule has 1 aliphatic heterocycles. The van der Waals surface area contributed by atoms with Gasteiger partial charge >= 0.3 is 0 Å². The summed E-state index contributed by atoms with van der Waals surface area (Å²) in [6.07, 6.45) is 3.87. The van der Waals surface area contributed by atoms with Crippen LogP contribution in [0.2, 0.25) is 0 Å². The van der Waals surface area contributed by atoms with Crippen LogP contribution in [-0.2, 0) is 0 Å². The molecular weight excluding hydrogens is 248 g/mol. The largest absolute Gasteiger partial charge is 0.618 e. The average Bonchev–Trinajstić information content (AvgIpc) is 2.90. The predicted molar refractivity (Wildman–Crippen MR) is 73.5 cm³/mol. The third-order valence-electron chi connectivity index (χ3n) is 3.09. The summed E-state index contributed by atoms with van der Waals surface area (Å²) in [5.41, 5.74) is 6.73. The monoisotopic (exact) mass is 266 g/mol. The van der Waals surface area contributed by atoms with E-state index in [1.807, 2.05) is 13.0 Å². The Labute approximate surface area is 112 Å². The molecule has 0 amide bonds. The molecule has 1 aromatic heterocycles. The zero-order valence-corrected chi connectivity index (χ0v) is 11.2. The number of hydrogen-bond acceptors (Lipinski definition) is 3. The molecule has 2 rings (SSSR count). The molecule has 6 heteroatoms. The molecule has 1 atom stereocenters. The fraction of sp³-hybridized carbons (Fsp3) is 0.500. The summed E-state index contributed by atoms with van der Waals surface area (Å²) in [5, 5.41) is 12.3. The van der Waals surface area contributed by atoms with E-state index in [0.717, 1.165) is 17.8 Å². The van der Waals surface area contributed by atoms with Crippen molar-refractivity contribution in [2.24, 2.45) is 0 Å². The third-order valence-corrected chi connectivity index (χ3v) is 3.45. The molecular formula is C12H18N4OS. The first-order chi connectivity index (χ1) is 8.68. The van der Waals surface area contributed by atoms with E-state index in [-0.39, 0.29) is 6.04 Å². The topological polar surface area (TPSA) is 54.2 Å². The van der Waals surface area contributed by atoms with Gasteiger partial charge in [0, 0.05) is 25.2 Å². The summed E-state index contributed by atoms with van der Waals surface area (Å²) in [7, 11) is 0. The lowest BCUT2D eigenvalue weighted by atomic mass is 10.2. The van der Waals surface area contributed by atoms with Gasteiger partial charge in [0.05, 0.1) is 0 Å². The molecule has 0 aromatic carbocycles. The molecule has 0 saturated carbocycles. The van der Waals surface area contributed by atoms with Crippen molar-refractivity contribution < 1.29 is 4.73 Å². The van der Waals surface area contributed by atoms with Gasteiger partial charge in [0.15, 0.2) is 11.3 Å². The van der Waals surface area contributed by atoms with Gasteiger partial charge in [0.25, 0.3) is 0 Å². The first kappa shape index (κ1) is 13.0. The number of likely N-dealkylation sites (tertiary alicyclic amines) is 1. The minimum atomic E-state index is -0.107. The highest BCUT2D eigenvalue weighted by Crippen LogP contribution is 2.08. The molecule has 0 aliphatic carbocycles. The molecule has 0 bridgehead atoms. The van der Waals surface area contributed by atoms with Gasteiger partial charge in [0.2, 0.25) is 5.69 Å². The molecule has 98 valence electrons. The number of aromatic nitrogens is 1. The zero-order chi connectivity index (χ0) is 13.0. The summed E-state index contributed by atoms with van der Waals surface area (Å²) in [6.45, 7) is 3.94. The number of rotatable bonds is 3. The normalized spacial score (nSPS) is 16.6. The van der Waals surface area contributed by atoms with Crippen molar-refractivity contribution in [3.05, 3.63) is 35.3 Å². The molecule has 1 saturated heterocycles. The van der Waals surface area contributed by atoms with Gasteiger partial charge in [-0.1, -0.05) is 0 Å². The summed E-state index contributed by atoms with van der Waals surface area (Å²) >= 11 is 5.28. The van der Waals surface area contributed by atoms with Gasteiger partial charge in [-0.15, -0.1) is 0 Å². The second-order valence-corrected chi connectivity index (χ2v) is 4.83. The van der Waals surface area contributed by atoms with E-state index in [1.54, 1.807) is 12.1 Å². The van der Waals surface area contributed by atoms with E-state index in [2.05, 4.69) is 15.8 Å². The van der Waals surface area contributed by atoms with Crippen LogP contribution in [0.1, 0.15) is 31.5 Å². The van der Waals surface area contributed by atoms with Crippen LogP contribution in [-0.4, -0.2) is 23.1 Å². The van der Waals surface area contributed by atoms with Gasteiger partial charge < -0.3 is 10.1 Å². The van der Waals surface area contributed by atoms with Crippen molar-refractivity contribution in [3.63, 3.8) is 0 Å². The van der Waals surface area contributed by atoms with Crippen molar-refractivity contribution in [2.45, 2.75) is 25.8 Å². The SMILES string of the molecule is CC(NNC(=S)N1CCCC1)c1cccc[n+]1[O-]. The minimum absolute atomic E-state index is 0.107. The summed E-state index contributed by atoms with van der Waals surface area (Å²) < 4.78 is 0.859. The standard InChI is InChI=1S/C12H18N4OS/c1-10(11-6-2-3-9-16(11)17)13-14-12(18)15-7-4-5-8-15/h2-3,6,9-10,13H,4-5,7-8H2,1H3,(H,14,18). The Hall–Kier alpha value is -1.40. The second kappa shape index (κ2) is 5.97. The Morgan fingerprint density at radius 2 is 2.17 bits per heavy atom. The number of hydrogen-bond donors (Lipinski definition) is 2. The maximum atomic E-state index is 11.6.